The summed E-state index contributed by atoms with van der Waals surface area (Å²) < 4.78 is 0. The van der Waals surface area contributed by atoms with Crippen LogP contribution in [0.15, 0.2) is 11.6 Å². The first-order valence-corrected chi connectivity index (χ1v) is 11.1. The van der Waals surface area contributed by atoms with E-state index in [9.17, 15) is 9.59 Å². The summed E-state index contributed by atoms with van der Waals surface area (Å²) in [5.41, 5.74) is 1.92. The van der Waals surface area contributed by atoms with Gasteiger partial charge in [0, 0.05) is 11.8 Å². The molecule has 142 valence electrons. The Balaban J connectivity index is 1.54. The summed E-state index contributed by atoms with van der Waals surface area (Å²) >= 11 is 0. The molecule has 0 aliphatic heterocycles. The van der Waals surface area contributed by atoms with Crippen LogP contribution in [0.5, 0.6) is 0 Å². The van der Waals surface area contributed by atoms with E-state index in [1.54, 1.807) is 0 Å². The fourth-order valence-corrected chi connectivity index (χ4v) is 9.19. The largest absolute Gasteiger partial charge is 0.299 e. The zero-order valence-corrected chi connectivity index (χ0v) is 16.8. The normalized spacial score (nSPS) is 52.6. The average molecular weight is 355 g/mol. The van der Waals surface area contributed by atoms with E-state index in [2.05, 4.69) is 13.8 Å². The summed E-state index contributed by atoms with van der Waals surface area (Å²) in [7, 11) is 0. The Hall–Kier alpha value is -0.920. The summed E-state index contributed by atoms with van der Waals surface area (Å²) in [5.74, 6) is 3.72. The predicted molar refractivity (Wildman–Crippen MR) is 103 cm³/mol. The Labute approximate surface area is 158 Å². The van der Waals surface area contributed by atoms with Gasteiger partial charge in [-0.05, 0) is 98.9 Å². The first kappa shape index (κ1) is 17.2. The van der Waals surface area contributed by atoms with Crippen molar-refractivity contribution >= 4 is 11.6 Å². The molecule has 0 radical (unpaired) electrons. The van der Waals surface area contributed by atoms with Gasteiger partial charge in [0.1, 0.15) is 5.78 Å². The van der Waals surface area contributed by atoms with Crippen LogP contribution in [0.25, 0.3) is 0 Å². The van der Waals surface area contributed by atoms with E-state index >= 15 is 0 Å². The molecule has 0 saturated heterocycles. The molecule has 5 rings (SSSR count). The van der Waals surface area contributed by atoms with E-state index in [-0.39, 0.29) is 16.2 Å². The number of hydrogen-bond donors (Lipinski definition) is 0. The maximum atomic E-state index is 13.0. The molecule has 2 heteroatoms. The van der Waals surface area contributed by atoms with Gasteiger partial charge in [0.05, 0.1) is 0 Å². The molecule has 0 amide bonds. The van der Waals surface area contributed by atoms with Crippen LogP contribution < -0.4 is 0 Å². The van der Waals surface area contributed by atoms with E-state index in [0.29, 0.717) is 17.5 Å². The summed E-state index contributed by atoms with van der Waals surface area (Å²) in [6.45, 7) is 6.85. The lowest BCUT2D eigenvalue weighted by Crippen LogP contribution is -2.54. The van der Waals surface area contributed by atoms with Crippen molar-refractivity contribution in [2.75, 3.05) is 0 Å². The van der Waals surface area contributed by atoms with Gasteiger partial charge >= 0.3 is 0 Å². The van der Waals surface area contributed by atoms with Crippen LogP contribution in [0.1, 0.15) is 85.0 Å². The fraction of sp³-hybridized carbons (Fsp3) is 0.833. The summed E-state index contributed by atoms with van der Waals surface area (Å²) in [5, 5.41) is 0. The van der Waals surface area contributed by atoms with Gasteiger partial charge in [-0.25, -0.2) is 0 Å². The highest BCUT2D eigenvalue weighted by Gasteiger charge is 2.69. The maximum Gasteiger partial charge on any atom is 0.155 e. The number of Topliss-reactive ketones (excluding diaryl/α,β-unsaturated/α-hetero) is 1. The van der Waals surface area contributed by atoms with Gasteiger partial charge in [-0.15, -0.1) is 0 Å². The van der Waals surface area contributed by atoms with Crippen LogP contribution in [0.2, 0.25) is 0 Å². The van der Waals surface area contributed by atoms with Crippen molar-refractivity contribution in [2.24, 2.45) is 39.9 Å². The minimum Gasteiger partial charge on any atom is -0.299 e. The van der Waals surface area contributed by atoms with Crippen LogP contribution in [0.3, 0.4) is 0 Å². The van der Waals surface area contributed by atoms with Crippen molar-refractivity contribution in [1.82, 2.24) is 0 Å². The molecule has 0 unspecified atom stereocenters. The zero-order chi connectivity index (χ0) is 18.3. The number of fused-ring (bicyclic) bond motifs is 7. The Bertz CT molecular complexity index is 705. The molecule has 2 nitrogen and oxygen atoms in total. The molecule has 0 aromatic carbocycles. The minimum atomic E-state index is -0.0117. The average Bonchev–Trinajstić information content (AvgIpc) is 3.12. The van der Waals surface area contributed by atoms with Gasteiger partial charge in [-0.1, -0.05) is 25.8 Å². The van der Waals surface area contributed by atoms with E-state index in [4.69, 9.17) is 0 Å². The molecule has 7 atom stereocenters. The molecule has 0 spiro atoms. The molecular formula is C24H34O2. The highest BCUT2D eigenvalue weighted by Crippen LogP contribution is 2.74. The number of allylic oxidation sites excluding steroid dienone is 1. The third-order valence-corrected chi connectivity index (χ3v) is 10.4. The molecule has 0 aromatic heterocycles. The second kappa shape index (κ2) is 5.32. The third kappa shape index (κ3) is 1.85. The van der Waals surface area contributed by atoms with Crippen LogP contribution in [-0.4, -0.2) is 11.6 Å². The molecular weight excluding hydrogens is 320 g/mol. The van der Waals surface area contributed by atoms with E-state index in [0.717, 1.165) is 43.4 Å². The lowest BCUT2D eigenvalue weighted by atomic mass is 9.44. The number of ketones is 2. The minimum absolute atomic E-state index is 0.0117. The van der Waals surface area contributed by atoms with Crippen LogP contribution in [-0.2, 0) is 9.59 Å². The fourth-order valence-electron chi connectivity index (χ4n) is 9.19. The molecule has 0 bridgehead atoms. The van der Waals surface area contributed by atoms with Gasteiger partial charge in [-0.2, -0.15) is 0 Å². The standard InChI is InChI=1S/C24H34O2/c1-15(25)24-10-4-5-17(24)14-21-19-7-6-16-13-18(26)8-11-22(16,2)20(19)9-12-23(21,24)3/h13,17,19-21H,4-12,14H2,1-3H3/t17-,19-,20+,21+,22+,23+,24+/m1/s1. The van der Waals surface area contributed by atoms with E-state index in [1.807, 2.05) is 13.0 Å². The van der Waals surface area contributed by atoms with Crippen molar-refractivity contribution in [2.45, 2.75) is 85.0 Å². The zero-order valence-electron chi connectivity index (χ0n) is 16.8. The monoisotopic (exact) mass is 354 g/mol. The Kier molecular flexibility index (Phi) is 3.52. The molecule has 26 heavy (non-hydrogen) atoms. The molecule has 4 fully saturated rings. The quantitative estimate of drug-likeness (QED) is 0.623. The van der Waals surface area contributed by atoms with Crippen LogP contribution in [0.4, 0.5) is 0 Å². The van der Waals surface area contributed by atoms with Gasteiger partial charge in [0.2, 0.25) is 0 Å². The van der Waals surface area contributed by atoms with Crippen LogP contribution >= 0.6 is 0 Å². The number of rotatable bonds is 1. The van der Waals surface area contributed by atoms with Crippen molar-refractivity contribution < 1.29 is 9.59 Å². The number of carbonyl (C=O) groups excluding carboxylic acids is 2. The summed E-state index contributed by atoms with van der Waals surface area (Å²) in [6, 6.07) is 0. The predicted octanol–water partition coefficient (Wildman–Crippen LogP) is 5.50. The van der Waals surface area contributed by atoms with Crippen molar-refractivity contribution in [3.63, 3.8) is 0 Å². The third-order valence-electron chi connectivity index (χ3n) is 10.4. The lowest BCUT2D eigenvalue weighted by molar-refractivity contribution is -0.143. The number of carbonyl (C=O) groups is 2. The topological polar surface area (TPSA) is 34.1 Å². The number of hydrogen-bond acceptors (Lipinski definition) is 2. The Morgan fingerprint density at radius 1 is 1.04 bits per heavy atom. The molecule has 4 saturated carbocycles. The van der Waals surface area contributed by atoms with Gasteiger partial charge in [-0.3, -0.25) is 9.59 Å². The van der Waals surface area contributed by atoms with Gasteiger partial charge in [0.15, 0.2) is 5.78 Å². The molecule has 0 heterocycles. The van der Waals surface area contributed by atoms with Crippen LogP contribution in [0, 0.1) is 39.9 Å². The Morgan fingerprint density at radius 2 is 1.85 bits per heavy atom. The molecule has 5 aliphatic rings. The van der Waals surface area contributed by atoms with Crippen molar-refractivity contribution in [1.29, 1.82) is 0 Å². The first-order valence-electron chi connectivity index (χ1n) is 11.1. The second-order valence-electron chi connectivity index (χ2n) is 10.8. The lowest BCUT2D eigenvalue weighted by Gasteiger charge is -2.59. The molecule has 0 aromatic rings. The smallest absolute Gasteiger partial charge is 0.155 e. The summed E-state index contributed by atoms with van der Waals surface area (Å²) in [6.07, 6.45) is 13.6. The molecule has 5 aliphatic carbocycles. The van der Waals surface area contributed by atoms with Gasteiger partial charge in [0.25, 0.3) is 0 Å². The van der Waals surface area contributed by atoms with Crippen molar-refractivity contribution in [3.8, 4) is 0 Å². The van der Waals surface area contributed by atoms with Gasteiger partial charge < -0.3 is 0 Å². The molecule has 0 N–H and O–H groups in total. The van der Waals surface area contributed by atoms with Crippen molar-refractivity contribution in [3.05, 3.63) is 11.6 Å². The second-order valence-corrected chi connectivity index (χ2v) is 10.8. The van der Waals surface area contributed by atoms with E-state index in [1.165, 1.54) is 44.1 Å². The highest BCUT2D eigenvalue weighted by molar-refractivity contribution is 5.91. The Morgan fingerprint density at radius 3 is 2.62 bits per heavy atom. The maximum absolute atomic E-state index is 13.0. The SMILES string of the molecule is CC(=O)[C@@]12CCC[C@@H]1C[C@H]1[C@@H]3CCC4=CC(=O)CC[C@]4(C)[C@H]3CC[C@@]12C. The highest BCUT2D eigenvalue weighted by atomic mass is 16.1. The summed E-state index contributed by atoms with van der Waals surface area (Å²) in [4.78, 5) is 24.9. The first-order chi connectivity index (χ1) is 12.3. The van der Waals surface area contributed by atoms with E-state index < -0.39 is 0 Å².